The second kappa shape index (κ2) is 10.7. The SMILES string of the molecule is COCC(C)NC(N)=NCC(C)Oc1ccccc1.I. The normalized spacial score (nSPS) is 14.1. The first-order valence-corrected chi connectivity index (χ1v) is 6.39. The van der Waals surface area contributed by atoms with E-state index in [0.717, 1.165) is 5.75 Å². The van der Waals surface area contributed by atoms with Crippen LogP contribution >= 0.6 is 24.0 Å². The maximum atomic E-state index is 5.77. The molecule has 0 aliphatic rings. The van der Waals surface area contributed by atoms with Gasteiger partial charge in [0, 0.05) is 13.2 Å². The van der Waals surface area contributed by atoms with Crippen molar-refractivity contribution in [2.45, 2.75) is 26.0 Å². The largest absolute Gasteiger partial charge is 0.489 e. The maximum absolute atomic E-state index is 5.77. The molecule has 114 valence electrons. The van der Waals surface area contributed by atoms with Crippen molar-refractivity contribution in [2.75, 3.05) is 20.3 Å². The third-order valence-electron chi connectivity index (χ3n) is 2.41. The summed E-state index contributed by atoms with van der Waals surface area (Å²) in [6, 6.07) is 9.81. The van der Waals surface area contributed by atoms with Crippen molar-refractivity contribution in [1.29, 1.82) is 0 Å². The highest BCUT2D eigenvalue weighted by Crippen LogP contribution is 2.10. The third-order valence-corrected chi connectivity index (χ3v) is 2.41. The zero-order valence-electron chi connectivity index (χ0n) is 12.2. The number of guanidine groups is 1. The number of nitrogens with two attached hydrogens (primary N) is 1. The fraction of sp³-hybridized carbons (Fsp3) is 0.500. The summed E-state index contributed by atoms with van der Waals surface area (Å²) in [4.78, 5) is 4.25. The predicted molar refractivity (Wildman–Crippen MR) is 92.9 cm³/mol. The Labute approximate surface area is 138 Å². The highest BCUT2D eigenvalue weighted by molar-refractivity contribution is 14.0. The van der Waals surface area contributed by atoms with Crippen molar-refractivity contribution >= 4 is 29.9 Å². The number of rotatable bonds is 7. The average molecular weight is 393 g/mol. The molecule has 0 saturated carbocycles. The first-order chi connectivity index (χ1) is 9.11. The Hall–Kier alpha value is -1.02. The lowest BCUT2D eigenvalue weighted by Gasteiger charge is -2.15. The molecule has 6 heteroatoms. The summed E-state index contributed by atoms with van der Waals surface area (Å²) < 4.78 is 10.7. The van der Waals surface area contributed by atoms with E-state index in [9.17, 15) is 0 Å². The molecule has 3 N–H and O–H groups in total. The van der Waals surface area contributed by atoms with Gasteiger partial charge in [-0.1, -0.05) is 18.2 Å². The van der Waals surface area contributed by atoms with Crippen LogP contribution < -0.4 is 15.8 Å². The van der Waals surface area contributed by atoms with E-state index in [1.165, 1.54) is 0 Å². The van der Waals surface area contributed by atoms with Gasteiger partial charge >= 0.3 is 0 Å². The van der Waals surface area contributed by atoms with Crippen LogP contribution in [0.15, 0.2) is 35.3 Å². The molecule has 0 amide bonds. The van der Waals surface area contributed by atoms with Gasteiger partial charge < -0.3 is 20.5 Å². The molecule has 0 bridgehead atoms. The minimum absolute atomic E-state index is 0. The lowest BCUT2D eigenvalue weighted by Crippen LogP contribution is -2.41. The summed E-state index contributed by atoms with van der Waals surface area (Å²) in [5, 5.41) is 3.05. The summed E-state index contributed by atoms with van der Waals surface area (Å²) >= 11 is 0. The summed E-state index contributed by atoms with van der Waals surface area (Å²) in [5.74, 6) is 1.25. The maximum Gasteiger partial charge on any atom is 0.189 e. The number of methoxy groups -OCH3 is 1. The second-order valence-corrected chi connectivity index (χ2v) is 4.47. The minimum atomic E-state index is -0.0273. The number of aliphatic imine (C=N–C) groups is 1. The average Bonchev–Trinajstić information content (AvgIpc) is 2.38. The molecule has 0 saturated heterocycles. The van der Waals surface area contributed by atoms with E-state index in [2.05, 4.69) is 10.3 Å². The predicted octanol–water partition coefficient (Wildman–Crippen LogP) is 2.01. The van der Waals surface area contributed by atoms with Crippen LogP contribution in [0.4, 0.5) is 0 Å². The van der Waals surface area contributed by atoms with Gasteiger partial charge in [0.15, 0.2) is 5.96 Å². The number of ether oxygens (including phenoxy) is 2. The summed E-state index contributed by atoms with van der Waals surface area (Å²) in [6.07, 6.45) is -0.0273. The van der Waals surface area contributed by atoms with E-state index in [-0.39, 0.29) is 36.1 Å². The van der Waals surface area contributed by atoms with Crippen LogP contribution in [0, 0.1) is 0 Å². The molecule has 1 aromatic carbocycles. The van der Waals surface area contributed by atoms with E-state index in [4.69, 9.17) is 15.2 Å². The Bertz CT molecular complexity index is 387. The molecule has 0 aliphatic carbocycles. The van der Waals surface area contributed by atoms with Gasteiger partial charge in [-0.05, 0) is 26.0 Å². The zero-order valence-corrected chi connectivity index (χ0v) is 14.5. The fourth-order valence-electron chi connectivity index (χ4n) is 1.59. The van der Waals surface area contributed by atoms with Crippen molar-refractivity contribution in [2.24, 2.45) is 10.7 Å². The van der Waals surface area contributed by atoms with Gasteiger partial charge in [-0.25, -0.2) is 4.99 Å². The molecule has 20 heavy (non-hydrogen) atoms. The van der Waals surface area contributed by atoms with Crippen LogP contribution in [0.3, 0.4) is 0 Å². The third kappa shape index (κ3) is 8.21. The number of nitrogens with one attached hydrogen (secondary N) is 1. The molecule has 0 radical (unpaired) electrons. The Morgan fingerprint density at radius 3 is 2.55 bits per heavy atom. The standard InChI is InChI=1S/C14H23N3O2.HI/c1-11(10-18-3)17-14(15)16-9-12(2)19-13-7-5-4-6-8-13;/h4-8,11-12H,9-10H2,1-3H3,(H3,15,16,17);1H. The van der Waals surface area contributed by atoms with Crippen LogP contribution in [-0.2, 0) is 4.74 Å². The number of halogens is 1. The molecule has 0 aliphatic heterocycles. The zero-order chi connectivity index (χ0) is 14.1. The highest BCUT2D eigenvalue weighted by Gasteiger charge is 2.05. The first kappa shape index (κ1) is 19.0. The van der Waals surface area contributed by atoms with E-state index in [1.54, 1.807) is 7.11 Å². The molecule has 0 fully saturated rings. The minimum Gasteiger partial charge on any atom is -0.489 e. The van der Waals surface area contributed by atoms with Gasteiger partial charge in [0.05, 0.1) is 13.2 Å². The van der Waals surface area contributed by atoms with Gasteiger partial charge in [0.1, 0.15) is 11.9 Å². The molecule has 5 nitrogen and oxygen atoms in total. The molecule has 0 aromatic heterocycles. The van der Waals surface area contributed by atoms with Crippen molar-refractivity contribution < 1.29 is 9.47 Å². The number of nitrogens with zero attached hydrogens (tertiary/aromatic N) is 1. The monoisotopic (exact) mass is 393 g/mol. The lowest BCUT2D eigenvalue weighted by molar-refractivity contribution is 0.179. The highest BCUT2D eigenvalue weighted by atomic mass is 127. The van der Waals surface area contributed by atoms with Crippen molar-refractivity contribution in [3.05, 3.63) is 30.3 Å². The van der Waals surface area contributed by atoms with E-state index < -0.39 is 0 Å². The van der Waals surface area contributed by atoms with Gasteiger partial charge in [0.25, 0.3) is 0 Å². The molecule has 0 spiro atoms. The summed E-state index contributed by atoms with van der Waals surface area (Å²) in [6.45, 7) is 5.04. The van der Waals surface area contributed by atoms with Gasteiger partial charge in [0.2, 0.25) is 0 Å². The number of benzene rings is 1. The number of para-hydroxylation sites is 1. The Kier molecular flexibility index (Phi) is 10.2. The Balaban J connectivity index is 0.00000361. The van der Waals surface area contributed by atoms with Crippen LogP contribution in [0.2, 0.25) is 0 Å². The molecular formula is C14H24IN3O2. The summed E-state index contributed by atoms with van der Waals surface area (Å²) in [7, 11) is 1.65. The molecule has 2 atom stereocenters. The summed E-state index contributed by atoms with van der Waals surface area (Å²) in [5.41, 5.74) is 5.77. The van der Waals surface area contributed by atoms with E-state index >= 15 is 0 Å². The fourth-order valence-corrected chi connectivity index (χ4v) is 1.59. The molecule has 2 unspecified atom stereocenters. The number of hydrogen-bond donors (Lipinski definition) is 2. The van der Waals surface area contributed by atoms with Gasteiger partial charge in [-0.2, -0.15) is 0 Å². The Morgan fingerprint density at radius 1 is 1.30 bits per heavy atom. The topological polar surface area (TPSA) is 68.9 Å². The van der Waals surface area contributed by atoms with Crippen LogP contribution in [0.1, 0.15) is 13.8 Å². The van der Waals surface area contributed by atoms with Crippen molar-refractivity contribution in [3.63, 3.8) is 0 Å². The number of hydrogen-bond acceptors (Lipinski definition) is 3. The molecule has 0 heterocycles. The van der Waals surface area contributed by atoms with E-state index in [1.807, 2.05) is 44.2 Å². The smallest absolute Gasteiger partial charge is 0.189 e. The quantitative estimate of drug-likeness (QED) is 0.423. The van der Waals surface area contributed by atoms with E-state index in [0.29, 0.717) is 19.1 Å². The molecular weight excluding hydrogens is 369 g/mol. The van der Waals surface area contributed by atoms with Crippen LogP contribution in [0.5, 0.6) is 5.75 Å². The molecule has 1 aromatic rings. The lowest BCUT2D eigenvalue weighted by atomic mass is 10.3. The van der Waals surface area contributed by atoms with Gasteiger partial charge in [-0.15, -0.1) is 24.0 Å². The first-order valence-electron chi connectivity index (χ1n) is 6.39. The second-order valence-electron chi connectivity index (χ2n) is 4.47. The van der Waals surface area contributed by atoms with Crippen LogP contribution in [0.25, 0.3) is 0 Å². The Morgan fingerprint density at radius 2 is 1.95 bits per heavy atom. The van der Waals surface area contributed by atoms with Gasteiger partial charge in [-0.3, -0.25) is 0 Å². The van der Waals surface area contributed by atoms with Crippen molar-refractivity contribution in [1.82, 2.24) is 5.32 Å². The van der Waals surface area contributed by atoms with Crippen molar-refractivity contribution in [3.8, 4) is 5.75 Å². The molecule has 1 rings (SSSR count). The van der Waals surface area contributed by atoms with Crippen LogP contribution in [-0.4, -0.2) is 38.4 Å².